The molecule has 5 nitrogen and oxygen atoms in total. The monoisotopic (exact) mass is 323 g/mol. The topological polar surface area (TPSA) is 58.4 Å². The van der Waals surface area contributed by atoms with Crippen LogP contribution in [-0.4, -0.2) is 39.1 Å². The summed E-state index contributed by atoms with van der Waals surface area (Å²) in [6, 6.07) is 15.2. The van der Waals surface area contributed by atoms with Gasteiger partial charge in [-0.1, -0.05) is 30.3 Å². The van der Waals surface area contributed by atoms with Crippen molar-refractivity contribution in [3.8, 4) is 0 Å². The van der Waals surface area contributed by atoms with Crippen LogP contribution in [0.3, 0.4) is 0 Å². The van der Waals surface area contributed by atoms with Crippen LogP contribution >= 0.6 is 0 Å². The fourth-order valence-electron chi connectivity index (χ4n) is 3.00. The van der Waals surface area contributed by atoms with Crippen molar-refractivity contribution in [3.05, 3.63) is 66.0 Å². The van der Waals surface area contributed by atoms with Crippen molar-refractivity contribution in [1.29, 1.82) is 0 Å². The Kier molecular flexibility index (Phi) is 4.62. The lowest BCUT2D eigenvalue weighted by Crippen LogP contribution is -2.31. The van der Waals surface area contributed by atoms with Crippen LogP contribution in [0.4, 0.5) is 0 Å². The lowest BCUT2D eigenvalue weighted by atomic mass is 10.0. The highest BCUT2D eigenvalue weighted by molar-refractivity contribution is 5.97. The second-order valence-corrected chi connectivity index (χ2v) is 5.91. The van der Waals surface area contributed by atoms with Gasteiger partial charge < -0.3 is 14.6 Å². The fourth-order valence-corrected chi connectivity index (χ4v) is 3.00. The van der Waals surface area contributed by atoms with Crippen LogP contribution in [0.1, 0.15) is 28.4 Å². The number of aliphatic hydroxyl groups excluding tert-OH is 1. The lowest BCUT2D eigenvalue weighted by Gasteiger charge is -2.28. The van der Waals surface area contributed by atoms with E-state index in [2.05, 4.69) is 4.98 Å². The highest BCUT2D eigenvalue weighted by Crippen LogP contribution is 2.25. The lowest BCUT2D eigenvalue weighted by molar-refractivity contribution is 0.0705. The van der Waals surface area contributed by atoms with E-state index in [-0.39, 0.29) is 18.6 Å². The molecule has 3 rings (SSSR count). The van der Waals surface area contributed by atoms with Gasteiger partial charge in [0.05, 0.1) is 23.4 Å². The Balaban J connectivity index is 1.90. The number of hydrogen-bond donors (Lipinski definition) is 1. The van der Waals surface area contributed by atoms with Crippen LogP contribution in [0.5, 0.6) is 0 Å². The molecule has 1 N–H and O–H groups in total. The number of amides is 1. The van der Waals surface area contributed by atoms with E-state index in [1.54, 1.807) is 18.3 Å². The van der Waals surface area contributed by atoms with Gasteiger partial charge in [-0.05, 0) is 30.2 Å². The first-order chi connectivity index (χ1) is 11.6. The summed E-state index contributed by atoms with van der Waals surface area (Å²) in [5, 5.41) is 9.39. The van der Waals surface area contributed by atoms with Crippen LogP contribution in [0, 0.1) is 0 Å². The Labute approximate surface area is 141 Å². The summed E-state index contributed by atoms with van der Waals surface area (Å²) in [7, 11) is 3.70. The number of hydrogen-bond acceptors (Lipinski definition) is 3. The van der Waals surface area contributed by atoms with E-state index >= 15 is 0 Å². The van der Waals surface area contributed by atoms with Gasteiger partial charge in [0, 0.05) is 26.3 Å². The number of aromatic nitrogens is 2. The molecule has 124 valence electrons. The predicted molar refractivity (Wildman–Crippen MR) is 93.7 cm³/mol. The van der Waals surface area contributed by atoms with E-state index in [4.69, 9.17) is 0 Å². The number of rotatable bonds is 5. The minimum Gasteiger partial charge on any atom is -0.396 e. The third-order valence-electron chi connectivity index (χ3n) is 4.35. The molecular weight excluding hydrogens is 302 g/mol. The molecule has 0 radical (unpaired) electrons. The normalized spacial score (nSPS) is 12.3. The van der Waals surface area contributed by atoms with E-state index in [0.717, 1.165) is 16.6 Å². The molecule has 5 heteroatoms. The maximum Gasteiger partial charge on any atom is 0.254 e. The quantitative estimate of drug-likeness (QED) is 0.785. The van der Waals surface area contributed by atoms with Gasteiger partial charge >= 0.3 is 0 Å². The highest BCUT2D eigenvalue weighted by Gasteiger charge is 2.22. The van der Waals surface area contributed by atoms with Gasteiger partial charge in [-0.25, -0.2) is 4.98 Å². The van der Waals surface area contributed by atoms with Gasteiger partial charge in [-0.2, -0.15) is 0 Å². The molecule has 0 bridgehead atoms. The van der Waals surface area contributed by atoms with E-state index in [1.807, 2.05) is 60.1 Å². The van der Waals surface area contributed by atoms with E-state index < -0.39 is 0 Å². The molecular formula is C19H21N3O2. The van der Waals surface area contributed by atoms with Crippen molar-refractivity contribution in [2.24, 2.45) is 7.05 Å². The number of aliphatic hydroxyl groups is 1. The predicted octanol–water partition coefficient (Wildman–Crippen LogP) is 2.77. The smallest absolute Gasteiger partial charge is 0.254 e. The minimum atomic E-state index is -0.164. The molecule has 0 saturated heterocycles. The molecule has 1 amide bonds. The third kappa shape index (κ3) is 3.03. The maximum atomic E-state index is 12.9. The van der Waals surface area contributed by atoms with Gasteiger partial charge in [0.1, 0.15) is 0 Å². The molecule has 3 aromatic rings. The average molecular weight is 323 g/mol. The molecule has 0 saturated carbocycles. The zero-order valence-corrected chi connectivity index (χ0v) is 13.9. The third-order valence-corrected chi connectivity index (χ3v) is 4.35. The summed E-state index contributed by atoms with van der Waals surface area (Å²) in [6.07, 6.45) is 2.24. The molecule has 1 heterocycles. The number of imidazole rings is 1. The fraction of sp³-hybridized carbons (Fsp3) is 0.263. The van der Waals surface area contributed by atoms with Gasteiger partial charge in [0.2, 0.25) is 0 Å². The summed E-state index contributed by atoms with van der Waals surface area (Å²) in [4.78, 5) is 18.9. The molecule has 1 atom stereocenters. The SMILES string of the molecule is CN(C(=O)c1ccc2c(c1)ncn2C)C(CCO)c1ccccc1. The Bertz CT molecular complexity index is 842. The van der Waals surface area contributed by atoms with Gasteiger partial charge in [0.15, 0.2) is 0 Å². The van der Waals surface area contributed by atoms with Crippen LogP contribution in [-0.2, 0) is 7.05 Å². The summed E-state index contributed by atoms with van der Waals surface area (Å²) in [5.41, 5.74) is 3.41. The van der Waals surface area contributed by atoms with Gasteiger partial charge in [0.25, 0.3) is 5.91 Å². The number of benzene rings is 2. The molecule has 1 unspecified atom stereocenters. The zero-order chi connectivity index (χ0) is 17.1. The zero-order valence-electron chi connectivity index (χ0n) is 13.9. The first-order valence-corrected chi connectivity index (χ1v) is 7.96. The standard InChI is InChI=1S/C19H21N3O2/c1-21-13-20-16-12-15(8-9-18(16)21)19(24)22(2)17(10-11-23)14-6-4-3-5-7-14/h3-9,12-13,17,23H,10-11H2,1-2H3. The van der Waals surface area contributed by atoms with Crippen molar-refractivity contribution >= 4 is 16.9 Å². The van der Waals surface area contributed by atoms with Gasteiger partial charge in [-0.3, -0.25) is 4.79 Å². The average Bonchev–Trinajstić information content (AvgIpc) is 2.99. The molecule has 0 aliphatic carbocycles. The summed E-state index contributed by atoms with van der Waals surface area (Å²) in [5.74, 6) is -0.0788. The summed E-state index contributed by atoms with van der Waals surface area (Å²) < 4.78 is 1.92. The van der Waals surface area contributed by atoms with Crippen molar-refractivity contribution in [1.82, 2.24) is 14.5 Å². The van der Waals surface area contributed by atoms with E-state index in [1.165, 1.54) is 0 Å². The summed E-state index contributed by atoms with van der Waals surface area (Å²) >= 11 is 0. The van der Waals surface area contributed by atoms with Crippen molar-refractivity contribution in [2.75, 3.05) is 13.7 Å². The number of carbonyl (C=O) groups excluding carboxylic acids is 1. The first kappa shape index (κ1) is 16.2. The molecule has 0 aliphatic heterocycles. The van der Waals surface area contributed by atoms with Crippen LogP contribution in [0.25, 0.3) is 11.0 Å². The maximum absolute atomic E-state index is 12.9. The number of fused-ring (bicyclic) bond motifs is 1. The molecule has 0 fully saturated rings. The Morgan fingerprint density at radius 2 is 2.00 bits per heavy atom. The van der Waals surface area contributed by atoms with Crippen LogP contribution < -0.4 is 0 Å². The Morgan fingerprint density at radius 1 is 1.25 bits per heavy atom. The molecule has 24 heavy (non-hydrogen) atoms. The van der Waals surface area contributed by atoms with Crippen LogP contribution in [0.2, 0.25) is 0 Å². The molecule has 0 spiro atoms. The largest absolute Gasteiger partial charge is 0.396 e. The van der Waals surface area contributed by atoms with Crippen molar-refractivity contribution in [2.45, 2.75) is 12.5 Å². The van der Waals surface area contributed by atoms with E-state index in [0.29, 0.717) is 12.0 Å². The van der Waals surface area contributed by atoms with Gasteiger partial charge in [-0.15, -0.1) is 0 Å². The number of aryl methyl sites for hydroxylation is 1. The van der Waals surface area contributed by atoms with Crippen molar-refractivity contribution < 1.29 is 9.90 Å². The molecule has 2 aromatic carbocycles. The molecule has 0 aliphatic rings. The van der Waals surface area contributed by atoms with Crippen LogP contribution in [0.15, 0.2) is 54.9 Å². The number of nitrogens with zero attached hydrogens (tertiary/aromatic N) is 3. The Hall–Kier alpha value is -2.66. The Morgan fingerprint density at radius 3 is 2.71 bits per heavy atom. The second kappa shape index (κ2) is 6.84. The summed E-state index contributed by atoms with van der Waals surface area (Å²) in [6.45, 7) is 0.0243. The van der Waals surface area contributed by atoms with Crippen molar-refractivity contribution in [3.63, 3.8) is 0 Å². The number of carbonyl (C=O) groups is 1. The van der Waals surface area contributed by atoms with E-state index in [9.17, 15) is 9.90 Å². The first-order valence-electron chi connectivity index (χ1n) is 7.96. The molecule has 1 aromatic heterocycles. The minimum absolute atomic E-state index is 0.0243. The second-order valence-electron chi connectivity index (χ2n) is 5.91. The highest BCUT2D eigenvalue weighted by atomic mass is 16.3.